The molecule has 1 rings (SSSR count). The number of benzene rings is 1. The smallest absolute Gasteiger partial charge is 0.339 e. The Morgan fingerprint density at radius 2 is 1.46 bits per heavy atom. The topological polar surface area (TPSA) is 52.6 Å². The van der Waals surface area contributed by atoms with Crippen molar-refractivity contribution in [2.75, 3.05) is 6.61 Å². The van der Waals surface area contributed by atoms with Crippen molar-refractivity contribution in [3.63, 3.8) is 0 Å². The molecule has 5 heteroatoms. The first-order chi connectivity index (χ1) is 12.6. The van der Waals surface area contributed by atoms with Crippen LogP contribution in [0, 0.1) is 11.3 Å². The van der Waals surface area contributed by atoms with Crippen LogP contribution in [0.1, 0.15) is 82.0 Å². The molecule has 1 aromatic rings. The molecular formula is C23H38O4Si. The van der Waals surface area contributed by atoms with E-state index in [2.05, 4.69) is 48.5 Å². The van der Waals surface area contributed by atoms with Gasteiger partial charge in [-0.3, -0.25) is 0 Å². The van der Waals surface area contributed by atoms with Gasteiger partial charge in [-0.1, -0.05) is 60.6 Å². The molecular weight excluding hydrogens is 368 g/mol. The monoisotopic (exact) mass is 406 g/mol. The van der Waals surface area contributed by atoms with Crippen molar-refractivity contribution < 1.29 is 18.8 Å². The Hall–Kier alpha value is -1.62. The normalized spacial score (nSPS) is 13.8. The van der Waals surface area contributed by atoms with Gasteiger partial charge in [0, 0.05) is 0 Å². The van der Waals surface area contributed by atoms with Crippen LogP contribution in [0.3, 0.4) is 0 Å². The number of hydrogen-bond acceptors (Lipinski definition) is 4. The van der Waals surface area contributed by atoms with Crippen LogP contribution in [0.4, 0.5) is 0 Å². The minimum atomic E-state index is -2.27. The van der Waals surface area contributed by atoms with Gasteiger partial charge in [-0.15, -0.1) is 0 Å². The summed E-state index contributed by atoms with van der Waals surface area (Å²) in [5, 5.41) is -0.0959. The molecule has 1 aromatic carbocycles. The second-order valence-corrected chi connectivity index (χ2v) is 15.2. The van der Waals surface area contributed by atoms with Crippen LogP contribution in [0.25, 0.3) is 0 Å². The molecule has 0 aliphatic heterocycles. The fourth-order valence-electron chi connectivity index (χ4n) is 2.86. The van der Waals surface area contributed by atoms with Crippen molar-refractivity contribution in [3.05, 3.63) is 35.4 Å². The molecule has 158 valence electrons. The van der Waals surface area contributed by atoms with Crippen LogP contribution in [-0.2, 0) is 9.16 Å². The Bertz CT molecular complexity index is 681. The van der Waals surface area contributed by atoms with E-state index in [9.17, 15) is 9.59 Å². The van der Waals surface area contributed by atoms with E-state index in [0.29, 0.717) is 12.5 Å². The third-order valence-electron chi connectivity index (χ3n) is 5.33. The summed E-state index contributed by atoms with van der Waals surface area (Å²) in [5.41, 5.74) is 0.804. The zero-order valence-corrected chi connectivity index (χ0v) is 20.1. The molecule has 0 saturated heterocycles. The number of carbonyl (C=O) groups excluding carboxylic acids is 2. The molecule has 0 fully saturated rings. The third kappa shape index (κ3) is 7.42. The van der Waals surface area contributed by atoms with E-state index in [1.807, 2.05) is 13.1 Å². The molecule has 0 aromatic heterocycles. The molecule has 0 N–H and O–H groups in total. The van der Waals surface area contributed by atoms with Crippen LogP contribution in [0.15, 0.2) is 24.3 Å². The summed E-state index contributed by atoms with van der Waals surface area (Å²) in [4.78, 5) is 25.4. The summed E-state index contributed by atoms with van der Waals surface area (Å²) in [6, 6.07) is 6.74. The van der Waals surface area contributed by atoms with E-state index in [0.717, 1.165) is 12.8 Å². The van der Waals surface area contributed by atoms with Crippen LogP contribution < -0.4 is 0 Å². The second kappa shape index (κ2) is 9.25. The molecule has 1 unspecified atom stereocenters. The van der Waals surface area contributed by atoms with Crippen molar-refractivity contribution in [1.29, 1.82) is 0 Å². The van der Waals surface area contributed by atoms with Gasteiger partial charge < -0.3 is 9.16 Å². The third-order valence-corrected chi connectivity index (χ3v) is 9.63. The molecule has 0 radical (unpaired) electrons. The maximum atomic E-state index is 12.8. The first-order valence-electron chi connectivity index (χ1n) is 10.1. The second-order valence-electron chi connectivity index (χ2n) is 10.5. The van der Waals surface area contributed by atoms with Gasteiger partial charge in [0.2, 0.25) is 0 Å². The molecule has 0 spiro atoms. The Balaban J connectivity index is 2.80. The largest absolute Gasteiger partial charge is 0.516 e. The summed E-state index contributed by atoms with van der Waals surface area (Å²) in [5.74, 6) is -0.447. The van der Waals surface area contributed by atoms with E-state index >= 15 is 0 Å². The van der Waals surface area contributed by atoms with Crippen LogP contribution in [0.5, 0.6) is 0 Å². The zero-order valence-electron chi connectivity index (χ0n) is 19.1. The molecule has 0 aliphatic carbocycles. The maximum absolute atomic E-state index is 12.8. The van der Waals surface area contributed by atoms with Gasteiger partial charge in [0.15, 0.2) is 0 Å². The van der Waals surface area contributed by atoms with Crippen molar-refractivity contribution in [2.45, 2.75) is 79.4 Å². The minimum absolute atomic E-state index is 0.0959. The van der Waals surface area contributed by atoms with Gasteiger partial charge in [0.1, 0.15) is 0 Å². The Labute approximate surface area is 172 Å². The quantitative estimate of drug-likeness (QED) is 0.385. The van der Waals surface area contributed by atoms with E-state index in [4.69, 9.17) is 9.16 Å². The fraction of sp³-hybridized carbons (Fsp3) is 0.652. The lowest BCUT2D eigenvalue weighted by molar-refractivity contribution is 0.0470. The minimum Gasteiger partial charge on any atom is -0.516 e. The Kier molecular flexibility index (Phi) is 8.07. The van der Waals surface area contributed by atoms with Gasteiger partial charge >= 0.3 is 11.9 Å². The summed E-state index contributed by atoms with van der Waals surface area (Å²) in [6.45, 7) is 19.4. The van der Waals surface area contributed by atoms with Crippen LogP contribution >= 0.6 is 0 Å². The lowest BCUT2D eigenvalue weighted by Gasteiger charge is -2.35. The molecule has 0 heterocycles. The molecule has 0 amide bonds. The fourth-order valence-corrected chi connectivity index (χ4v) is 3.74. The van der Waals surface area contributed by atoms with Gasteiger partial charge in [0.05, 0.1) is 17.7 Å². The Morgan fingerprint density at radius 3 is 1.93 bits per heavy atom. The zero-order chi connectivity index (χ0) is 21.8. The molecule has 1 atom stereocenters. The van der Waals surface area contributed by atoms with Crippen molar-refractivity contribution in [2.24, 2.45) is 11.3 Å². The highest BCUT2D eigenvalue weighted by Gasteiger charge is 2.41. The first kappa shape index (κ1) is 24.4. The summed E-state index contributed by atoms with van der Waals surface area (Å²) >= 11 is 0. The number of ether oxygens (including phenoxy) is 1. The predicted molar refractivity (Wildman–Crippen MR) is 117 cm³/mol. The molecule has 0 aliphatic rings. The van der Waals surface area contributed by atoms with Gasteiger partial charge in [0.25, 0.3) is 8.32 Å². The van der Waals surface area contributed by atoms with Crippen LogP contribution in [-0.4, -0.2) is 26.9 Å². The van der Waals surface area contributed by atoms with E-state index in [-0.39, 0.29) is 21.6 Å². The van der Waals surface area contributed by atoms with Crippen molar-refractivity contribution in [1.82, 2.24) is 0 Å². The van der Waals surface area contributed by atoms with E-state index in [1.54, 1.807) is 24.3 Å². The number of esters is 1. The molecule has 0 bridgehead atoms. The average Bonchev–Trinajstić information content (AvgIpc) is 2.51. The van der Waals surface area contributed by atoms with E-state index < -0.39 is 20.3 Å². The lowest BCUT2D eigenvalue weighted by Crippen LogP contribution is -2.42. The molecule has 28 heavy (non-hydrogen) atoms. The van der Waals surface area contributed by atoms with Crippen molar-refractivity contribution in [3.8, 4) is 0 Å². The predicted octanol–water partition coefficient (Wildman–Crippen LogP) is 6.47. The summed E-state index contributed by atoms with van der Waals surface area (Å²) in [7, 11) is -2.27. The van der Waals surface area contributed by atoms with Gasteiger partial charge in [-0.25, -0.2) is 9.59 Å². The summed E-state index contributed by atoms with van der Waals surface area (Å²) in [6.07, 6.45) is 1.87. The number of carbonyl (C=O) groups is 2. The molecule has 4 nitrogen and oxygen atoms in total. The standard InChI is InChI=1S/C23H38O4Si/c1-17(16-22(2,3)4)14-15-26-20(24)18-12-10-11-13-19(18)21(25)27-28(8,9)23(5,6)7/h10-13,17H,14-16H2,1-9H3. The summed E-state index contributed by atoms with van der Waals surface area (Å²) < 4.78 is 11.3. The number of hydrogen-bond donors (Lipinski definition) is 0. The highest BCUT2D eigenvalue weighted by atomic mass is 28.4. The number of rotatable bonds is 7. The SMILES string of the molecule is CC(CCOC(=O)c1ccccc1C(=O)O[Si](C)(C)C(C)(C)C)CC(C)(C)C. The van der Waals surface area contributed by atoms with E-state index in [1.165, 1.54) is 0 Å². The molecule has 0 saturated carbocycles. The Morgan fingerprint density at radius 1 is 0.964 bits per heavy atom. The highest BCUT2D eigenvalue weighted by molar-refractivity contribution is 6.75. The van der Waals surface area contributed by atoms with Crippen LogP contribution in [0.2, 0.25) is 18.1 Å². The van der Waals surface area contributed by atoms with Gasteiger partial charge in [-0.2, -0.15) is 0 Å². The average molecular weight is 407 g/mol. The first-order valence-corrected chi connectivity index (χ1v) is 13.0. The van der Waals surface area contributed by atoms with Gasteiger partial charge in [-0.05, 0) is 54.4 Å². The highest BCUT2D eigenvalue weighted by Crippen LogP contribution is 2.37. The van der Waals surface area contributed by atoms with Crippen molar-refractivity contribution >= 4 is 20.3 Å². The maximum Gasteiger partial charge on any atom is 0.339 e. The lowest BCUT2D eigenvalue weighted by atomic mass is 9.84.